The Labute approximate surface area is 130 Å². The average Bonchev–Trinajstić information content (AvgIpc) is 2.46. The van der Waals surface area contributed by atoms with Crippen LogP contribution in [-0.2, 0) is 9.53 Å². The number of nitrogens with zero attached hydrogens (tertiary/aromatic N) is 1. The molecule has 5 nitrogen and oxygen atoms in total. The predicted molar refractivity (Wildman–Crippen MR) is 83.6 cm³/mol. The van der Waals surface area contributed by atoms with Crippen LogP contribution in [0.15, 0.2) is 24.3 Å². The second kappa shape index (κ2) is 6.46. The number of benzene rings is 1. The standard InChI is InChI=1S/C17H23NO4/c1-17(2,3)22-16(19)14-6-4-12(5-7-14)13-8-10-15(11-9-13)18(20)21/h8-12,14H,4-7H2,1-3H3. The molecule has 0 unspecified atom stereocenters. The van der Waals surface area contributed by atoms with Gasteiger partial charge in [-0.15, -0.1) is 0 Å². The summed E-state index contributed by atoms with van der Waals surface area (Å²) in [6.07, 6.45) is 3.47. The normalized spacial score (nSPS) is 22.1. The fourth-order valence-electron chi connectivity index (χ4n) is 2.92. The van der Waals surface area contributed by atoms with Gasteiger partial charge in [0.05, 0.1) is 10.8 Å². The maximum atomic E-state index is 12.1. The summed E-state index contributed by atoms with van der Waals surface area (Å²) < 4.78 is 5.45. The predicted octanol–water partition coefficient (Wildman–Crippen LogP) is 4.21. The van der Waals surface area contributed by atoms with Gasteiger partial charge in [-0.2, -0.15) is 0 Å². The number of hydrogen-bond donors (Lipinski definition) is 0. The number of ether oxygens (including phenoxy) is 1. The van der Waals surface area contributed by atoms with Gasteiger partial charge in [-0.25, -0.2) is 0 Å². The molecule has 120 valence electrons. The number of nitro benzene ring substituents is 1. The summed E-state index contributed by atoms with van der Waals surface area (Å²) in [6, 6.07) is 6.76. The van der Waals surface area contributed by atoms with E-state index in [0.717, 1.165) is 31.2 Å². The zero-order valence-electron chi connectivity index (χ0n) is 13.4. The maximum absolute atomic E-state index is 12.1. The van der Waals surface area contributed by atoms with Gasteiger partial charge >= 0.3 is 5.97 Å². The molecule has 0 amide bonds. The molecule has 1 aliphatic carbocycles. The highest BCUT2D eigenvalue weighted by Crippen LogP contribution is 2.37. The largest absolute Gasteiger partial charge is 0.460 e. The van der Waals surface area contributed by atoms with Gasteiger partial charge in [0.1, 0.15) is 5.60 Å². The highest BCUT2D eigenvalue weighted by atomic mass is 16.6. The van der Waals surface area contributed by atoms with Crippen molar-refractivity contribution >= 4 is 11.7 Å². The van der Waals surface area contributed by atoms with Crippen molar-refractivity contribution in [3.8, 4) is 0 Å². The van der Waals surface area contributed by atoms with E-state index in [4.69, 9.17) is 4.74 Å². The molecule has 0 bridgehead atoms. The molecule has 0 atom stereocenters. The van der Waals surface area contributed by atoms with Gasteiger partial charge in [-0.1, -0.05) is 12.1 Å². The molecule has 1 aliphatic rings. The topological polar surface area (TPSA) is 69.4 Å². The van der Waals surface area contributed by atoms with E-state index in [2.05, 4.69) is 0 Å². The van der Waals surface area contributed by atoms with Crippen LogP contribution in [-0.4, -0.2) is 16.5 Å². The zero-order chi connectivity index (χ0) is 16.3. The van der Waals surface area contributed by atoms with Crippen LogP contribution in [0.2, 0.25) is 0 Å². The Morgan fingerprint density at radius 1 is 1.14 bits per heavy atom. The number of esters is 1. The van der Waals surface area contributed by atoms with E-state index in [1.807, 2.05) is 32.9 Å². The number of carbonyl (C=O) groups excluding carboxylic acids is 1. The van der Waals surface area contributed by atoms with E-state index in [0.29, 0.717) is 5.92 Å². The fraction of sp³-hybridized carbons (Fsp3) is 0.588. The Hall–Kier alpha value is -1.91. The van der Waals surface area contributed by atoms with E-state index in [1.165, 1.54) is 0 Å². The highest BCUT2D eigenvalue weighted by molar-refractivity contribution is 5.73. The summed E-state index contributed by atoms with van der Waals surface area (Å²) in [7, 11) is 0. The number of nitro groups is 1. The van der Waals surface area contributed by atoms with Crippen molar-refractivity contribution < 1.29 is 14.5 Å². The van der Waals surface area contributed by atoms with Crippen LogP contribution in [0.4, 0.5) is 5.69 Å². The van der Waals surface area contributed by atoms with Crippen LogP contribution in [0.5, 0.6) is 0 Å². The third-order valence-corrected chi connectivity index (χ3v) is 4.04. The van der Waals surface area contributed by atoms with E-state index in [-0.39, 0.29) is 22.5 Å². The molecular formula is C17H23NO4. The lowest BCUT2D eigenvalue weighted by Crippen LogP contribution is -2.30. The monoisotopic (exact) mass is 305 g/mol. The SMILES string of the molecule is CC(C)(C)OC(=O)C1CCC(c2ccc([N+](=O)[O-])cc2)CC1. The summed E-state index contributed by atoms with van der Waals surface area (Å²) >= 11 is 0. The van der Waals surface area contributed by atoms with Crippen LogP contribution < -0.4 is 0 Å². The Kier molecular flexibility index (Phi) is 4.84. The number of rotatable bonds is 3. The van der Waals surface area contributed by atoms with Crippen LogP contribution in [0.25, 0.3) is 0 Å². The zero-order valence-corrected chi connectivity index (χ0v) is 13.4. The lowest BCUT2D eigenvalue weighted by Gasteiger charge is -2.30. The van der Waals surface area contributed by atoms with Gasteiger partial charge in [0.15, 0.2) is 0 Å². The minimum atomic E-state index is -0.438. The smallest absolute Gasteiger partial charge is 0.309 e. The van der Waals surface area contributed by atoms with Crippen LogP contribution >= 0.6 is 0 Å². The Bertz CT molecular complexity index is 537. The van der Waals surface area contributed by atoms with Crippen molar-refractivity contribution in [3.63, 3.8) is 0 Å². The van der Waals surface area contributed by atoms with Crippen molar-refractivity contribution in [1.82, 2.24) is 0 Å². The summed E-state index contributed by atoms with van der Waals surface area (Å²) in [5.74, 6) is 0.252. The molecule has 5 heteroatoms. The molecule has 1 fully saturated rings. The Morgan fingerprint density at radius 2 is 1.68 bits per heavy atom. The minimum absolute atomic E-state index is 0.0199. The molecule has 1 aromatic carbocycles. The van der Waals surface area contributed by atoms with Gasteiger partial charge in [-0.05, 0) is 57.9 Å². The molecule has 22 heavy (non-hydrogen) atoms. The van der Waals surface area contributed by atoms with Gasteiger partial charge in [0.2, 0.25) is 0 Å². The molecule has 0 aromatic heterocycles. The van der Waals surface area contributed by atoms with Gasteiger partial charge in [0, 0.05) is 12.1 Å². The molecule has 0 spiro atoms. The Balaban J connectivity index is 1.91. The Morgan fingerprint density at radius 3 is 2.14 bits per heavy atom. The second-order valence-electron chi connectivity index (χ2n) is 6.93. The molecular weight excluding hydrogens is 282 g/mol. The van der Waals surface area contributed by atoms with E-state index in [1.54, 1.807) is 12.1 Å². The number of non-ortho nitro benzene ring substituents is 1. The quantitative estimate of drug-likeness (QED) is 0.476. The molecule has 1 aromatic rings. The molecule has 0 saturated heterocycles. The first-order chi connectivity index (χ1) is 10.3. The van der Waals surface area contributed by atoms with Gasteiger partial charge in [0.25, 0.3) is 5.69 Å². The van der Waals surface area contributed by atoms with Crippen LogP contribution in [0.3, 0.4) is 0 Å². The first-order valence-electron chi connectivity index (χ1n) is 7.73. The van der Waals surface area contributed by atoms with E-state index >= 15 is 0 Å². The summed E-state index contributed by atoms with van der Waals surface area (Å²) in [5, 5.41) is 10.7. The number of hydrogen-bond acceptors (Lipinski definition) is 4. The van der Waals surface area contributed by atoms with Crippen molar-refractivity contribution in [2.24, 2.45) is 5.92 Å². The third kappa shape index (κ3) is 4.29. The minimum Gasteiger partial charge on any atom is -0.460 e. The van der Waals surface area contributed by atoms with Crippen LogP contribution in [0, 0.1) is 16.0 Å². The molecule has 0 radical (unpaired) electrons. The lowest BCUT2D eigenvalue weighted by molar-refractivity contribution is -0.384. The fourth-order valence-corrected chi connectivity index (χ4v) is 2.92. The van der Waals surface area contributed by atoms with Gasteiger partial charge in [-0.3, -0.25) is 14.9 Å². The molecule has 0 aliphatic heterocycles. The third-order valence-electron chi connectivity index (χ3n) is 4.04. The summed E-state index contributed by atoms with van der Waals surface area (Å²) in [5.41, 5.74) is 0.797. The first kappa shape index (κ1) is 16.5. The first-order valence-corrected chi connectivity index (χ1v) is 7.73. The summed E-state index contributed by atoms with van der Waals surface area (Å²) in [6.45, 7) is 5.65. The average molecular weight is 305 g/mol. The lowest BCUT2D eigenvalue weighted by atomic mass is 9.78. The number of carbonyl (C=O) groups is 1. The molecule has 0 heterocycles. The second-order valence-corrected chi connectivity index (χ2v) is 6.93. The summed E-state index contributed by atoms with van der Waals surface area (Å²) in [4.78, 5) is 22.4. The van der Waals surface area contributed by atoms with Crippen molar-refractivity contribution in [3.05, 3.63) is 39.9 Å². The molecule has 2 rings (SSSR count). The van der Waals surface area contributed by atoms with Gasteiger partial charge < -0.3 is 4.74 Å². The van der Waals surface area contributed by atoms with E-state index < -0.39 is 5.60 Å². The van der Waals surface area contributed by atoms with Crippen LogP contribution in [0.1, 0.15) is 57.9 Å². The maximum Gasteiger partial charge on any atom is 0.309 e. The molecule has 0 N–H and O–H groups in total. The molecule has 1 saturated carbocycles. The highest BCUT2D eigenvalue weighted by Gasteiger charge is 2.30. The van der Waals surface area contributed by atoms with E-state index in [9.17, 15) is 14.9 Å². The van der Waals surface area contributed by atoms with Crippen molar-refractivity contribution in [1.29, 1.82) is 0 Å². The van der Waals surface area contributed by atoms with Crippen molar-refractivity contribution in [2.45, 2.75) is 58.0 Å². The van der Waals surface area contributed by atoms with Crippen molar-refractivity contribution in [2.75, 3.05) is 0 Å².